The van der Waals surface area contributed by atoms with Gasteiger partial charge in [0.2, 0.25) is 0 Å². The average molecular weight is 352 g/mol. The van der Waals surface area contributed by atoms with Crippen LogP contribution in [0.3, 0.4) is 0 Å². The Hall–Kier alpha value is -3.03. The Balaban J connectivity index is 1.98. The topological polar surface area (TPSA) is 81.4 Å². The summed E-state index contributed by atoms with van der Waals surface area (Å²) in [6.07, 6.45) is -4.57. The number of anilines is 2. The summed E-state index contributed by atoms with van der Waals surface area (Å²) < 4.78 is 42.5. The number of rotatable bonds is 4. The summed E-state index contributed by atoms with van der Waals surface area (Å²) in [5.41, 5.74) is 5.27. The summed E-state index contributed by atoms with van der Waals surface area (Å²) in [7, 11) is 0. The van der Waals surface area contributed by atoms with Gasteiger partial charge in [0.15, 0.2) is 6.61 Å². The summed E-state index contributed by atoms with van der Waals surface area (Å²) in [5.74, 6) is -1.56. The van der Waals surface area contributed by atoms with E-state index in [1.54, 1.807) is 31.2 Å². The molecule has 0 fully saturated rings. The molecule has 1 amide bonds. The van der Waals surface area contributed by atoms with Crippen LogP contribution in [0.25, 0.3) is 0 Å². The van der Waals surface area contributed by atoms with Crippen molar-refractivity contribution in [2.24, 2.45) is 0 Å². The SMILES string of the molecule is Cc1ccccc1NC(=O)COC(=O)c1ccc(C(F)(F)F)cc1N. The van der Waals surface area contributed by atoms with Crippen LogP contribution in [0.1, 0.15) is 21.5 Å². The molecule has 0 unspecified atom stereocenters. The van der Waals surface area contributed by atoms with Gasteiger partial charge >= 0.3 is 12.1 Å². The van der Waals surface area contributed by atoms with Gasteiger partial charge in [-0.2, -0.15) is 13.2 Å². The zero-order valence-electron chi connectivity index (χ0n) is 13.2. The van der Waals surface area contributed by atoms with Crippen molar-refractivity contribution < 1.29 is 27.5 Å². The Morgan fingerprint density at radius 1 is 1.16 bits per heavy atom. The number of nitrogen functional groups attached to an aromatic ring is 1. The van der Waals surface area contributed by atoms with Crippen molar-refractivity contribution in [3.05, 3.63) is 59.2 Å². The second-order valence-electron chi connectivity index (χ2n) is 5.24. The number of esters is 1. The van der Waals surface area contributed by atoms with Gasteiger partial charge in [-0.25, -0.2) is 4.79 Å². The standard InChI is InChI=1S/C17H15F3N2O3/c1-10-4-2-3-5-14(10)22-15(23)9-25-16(24)12-7-6-11(8-13(12)21)17(18,19)20/h2-8H,9,21H2,1H3,(H,22,23). The molecule has 0 bridgehead atoms. The lowest BCUT2D eigenvalue weighted by atomic mass is 10.1. The first-order valence-corrected chi connectivity index (χ1v) is 7.18. The Morgan fingerprint density at radius 2 is 1.84 bits per heavy atom. The highest BCUT2D eigenvalue weighted by Gasteiger charge is 2.31. The lowest BCUT2D eigenvalue weighted by Crippen LogP contribution is -2.22. The fraction of sp³-hybridized carbons (Fsp3) is 0.176. The van der Waals surface area contributed by atoms with Gasteiger partial charge in [0.05, 0.1) is 11.1 Å². The molecule has 0 aliphatic rings. The Morgan fingerprint density at radius 3 is 2.44 bits per heavy atom. The first-order chi connectivity index (χ1) is 11.7. The van der Waals surface area contributed by atoms with Gasteiger partial charge in [-0.15, -0.1) is 0 Å². The molecule has 5 nitrogen and oxygen atoms in total. The van der Waals surface area contributed by atoms with Crippen LogP contribution in [-0.4, -0.2) is 18.5 Å². The van der Waals surface area contributed by atoms with Gasteiger partial charge < -0.3 is 15.8 Å². The maximum Gasteiger partial charge on any atom is 0.416 e. The molecule has 132 valence electrons. The van der Waals surface area contributed by atoms with E-state index in [1.165, 1.54) is 0 Å². The predicted molar refractivity (Wildman–Crippen MR) is 85.9 cm³/mol. The zero-order chi connectivity index (χ0) is 18.6. The number of hydrogen-bond acceptors (Lipinski definition) is 4. The molecule has 0 aliphatic heterocycles. The van der Waals surface area contributed by atoms with E-state index >= 15 is 0 Å². The molecule has 3 N–H and O–H groups in total. The average Bonchev–Trinajstić information content (AvgIpc) is 2.54. The van der Waals surface area contributed by atoms with Crippen LogP contribution in [0.15, 0.2) is 42.5 Å². The molecule has 2 rings (SSSR count). The third kappa shape index (κ3) is 4.72. The fourth-order valence-corrected chi connectivity index (χ4v) is 2.03. The number of amides is 1. The molecule has 0 radical (unpaired) electrons. The van der Waals surface area contributed by atoms with Crippen LogP contribution >= 0.6 is 0 Å². The zero-order valence-corrected chi connectivity index (χ0v) is 13.2. The number of carbonyl (C=O) groups is 2. The third-order valence-corrected chi connectivity index (χ3v) is 3.35. The van der Waals surface area contributed by atoms with Gasteiger partial charge in [-0.3, -0.25) is 4.79 Å². The van der Waals surface area contributed by atoms with Gasteiger partial charge in [-0.05, 0) is 36.8 Å². The van der Waals surface area contributed by atoms with Crippen molar-refractivity contribution in [3.63, 3.8) is 0 Å². The van der Waals surface area contributed by atoms with Crippen molar-refractivity contribution in [2.75, 3.05) is 17.7 Å². The minimum absolute atomic E-state index is 0.239. The highest BCUT2D eigenvalue weighted by Crippen LogP contribution is 2.31. The minimum Gasteiger partial charge on any atom is -0.452 e. The maximum absolute atomic E-state index is 12.6. The first kappa shape index (κ1) is 18.3. The number of ether oxygens (including phenoxy) is 1. The number of nitrogens with one attached hydrogen (secondary N) is 1. The van der Waals surface area contributed by atoms with E-state index in [4.69, 9.17) is 10.5 Å². The van der Waals surface area contributed by atoms with Crippen LogP contribution in [0.5, 0.6) is 0 Å². The fourth-order valence-electron chi connectivity index (χ4n) is 2.03. The van der Waals surface area contributed by atoms with Crippen molar-refractivity contribution >= 4 is 23.3 Å². The summed E-state index contributed by atoms with van der Waals surface area (Å²) in [4.78, 5) is 23.7. The highest BCUT2D eigenvalue weighted by atomic mass is 19.4. The van der Waals surface area contributed by atoms with Crippen molar-refractivity contribution in [3.8, 4) is 0 Å². The van der Waals surface area contributed by atoms with Crippen molar-refractivity contribution in [1.29, 1.82) is 0 Å². The number of alkyl halides is 3. The normalized spacial score (nSPS) is 11.0. The molecule has 2 aromatic carbocycles. The number of benzene rings is 2. The number of aryl methyl sites for hydroxylation is 1. The molecule has 0 saturated heterocycles. The molecule has 25 heavy (non-hydrogen) atoms. The summed E-state index contributed by atoms with van der Waals surface area (Å²) in [6.45, 7) is 1.21. The Labute approximate surface area is 141 Å². The molecule has 8 heteroatoms. The van der Waals surface area contributed by atoms with E-state index in [2.05, 4.69) is 5.32 Å². The molecule has 0 aliphatic carbocycles. The smallest absolute Gasteiger partial charge is 0.416 e. The number of para-hydroxylation sites is 1. The summed E-state index contributed by atoms with van der Waals surface area (Å²) in [6, 6.07) is 9.30. The summed E-state index contributed by atoms with van der Waals surface area (Å²) in [5, 5.41) is 2.56. The quantitative estimate of drug-likeness (QED) is 0.653. The molecular formula is C17H15F3N2O3. The molecule has 0 saturated carbocycles. The highest BCUT2D eigenvalue weighted by molar-refractivity contribution is 5.98. The first-order valence-electron chi connectivity index (χ1n) is 7.18. The van der Waals surface area contributed by atoms with Crippen molar-refractivity contribution in [2.45, 2.75) is 13.1 Å². The van der Waals surface area contributed by atoms with E-state index in [0.717, 1.165) is 17.7 Å². The van der Waals surface area contributed by atoms with Crippen LogP contribution < -0.4 is 11.1 Å². The van der Waals surface area contributed by atoms with Crippen LogP contribution in [0, 0.1) is 6.92 Å². The maximum atomic E-state index is 12.6. The monoisotopic (exact) mass is 352 g/mol. The van der Waals surface area contributed by atoms with Gasteiger partial charge in [0.1, 0.15) is 0 Å². The van der Waals surface area contributed by atoms with Crippen LogP contribution in [-0.2, 0) is 15.7 Å². The molecule has 0 aromatic heterocycles. The Bertz CT molecular complexity index is 804. The van der Waals surface area contributed by atoms with Gasteiger partial charge in [0, 0.05) is 11.4 Å². The predicted octanol–water partition coefficient (Wildman–Crippen LogP) is 3.39. The molecule has 2 aromatic rings. The van der Waals surface area contributed by atoms with E-state index in [-0.39, 0.29) is 11.3 Å². The lowest BCUT2D eigenvalue weighted by molar-refractivity contribution is -0.137. The van der Waals surface area contributed by atoms with E-state index in [9.17, 15) is 22.8 Å². The lowest BCUT2D eigenvalue weighted by Gasteiger charge is -2.11. The second kappa shape index (κ2) is 7.25. The second-order valence-corrected chi connectivity index (χ2v) is 5.24. The Kier molecular flexibility index (Phi) is 5.31. The van der Waals surface area contributed by atoms with Crippen molar-refractivity contribution in [1.82, 2.24) is 0 Å². The van der Waals surface area contributed by atoms with Gasteiger partial charge in [-0.1, -0.05) is 18.2 Å². The number of nitrogens with two attached hydrogens (primary N) is 1. The van der Waals surface area contributed by atoms with Crippen LogP contribution in [0.4, 0.5) is 24.5 Å². The largest absolute Gasteiger partial charge is 0.452 e. The van der Waals surface area contributed by atoms with Gasteiger partial charge in [0.25, 0.3) is 5.91 Å². The number of halogens is 3. The number of carbonyl (C=O) groups excluding carboxylic acids is 2. The number of hydrogen-bond donors (Lipinski definition) is 2. The molecular weight excluding hydrogens is 337 g/mol. The molecule has 0 spiro atoms. The molecule has 0 atom stereocenters. The third-order valence-electron chi connectivity index (χ3n) is 3.35. The molecule has 0 heterocycles. The van der Waals surface area contributed by atoms with E-state index in [1.807, 2.05) is 0 Å². The van der Waals surface area contributed by atoms with E-state index < -0.39 is 30.2 Å². The van der Waals surface area contributed by atoms with Crippen LogP contribution in [0.2, 0.25) is 0 Å². The summed E-state index contributed by atoms with van der Waals surface area (Å²) >= 11 is 0. The minimum atomic E-state index is -4.57. The van der Waals surface area contributed by atoms with E-state index in [0.29, 0.717) is 11.8 Å².